The molecular formula is C13H10BrClF2N2O. The van der Waals surface area contributed by atoms with E-state index in [-0.39, 0.29) is 17.4 Å². The Hall–Kier alpha value is -1.40. The van der Waals surface area contributed by atoms with Crippen molar-refractivity contribution in [3.63, 3.8) is 0 Å². The van der Waals surface area contributed by atoms with E-state index in [0.717, 1.165) is 0 Å². The fourth-order valence-corrected chi connectivity index (χ4v) is 1.97. The second-order valence-corrected chi connectivity index (χ2v) is 5.14. The van der Waals surface area contributed by atoms with Gasteiger partial charge in [0.1, 0.15) is 5.75 Å². The molecule has 1 N–H and O–H groups in total. The zero-order valence-corrected chi connectivity index (χ0v) is 12.7. The highest BCUT2D eigenvalue weighted by atomic mass is 79.9. The van der Waals surface area contributed by atoms with Crippen LogP contribution in [0.5, 0.6) is 11.6 Å². The molecule has 1 aromatic carbocycles. The average molecular weight is 364 g/mol. The summed E-state index contributed by atoms with van der Waals surface area (Å²) in [6, 6.07) is 5.59. The Morgan fingerprint density at radius 2 is 2.05 bits per heavy atom. The number of nitrogens with one attached hydrogen (secondary N) is 1. The third-order valence-corrected chi connectivity index (χ3v) is 3.15. The lowest BCUT2D eigenvalue weighted by molar-refractivity contribution is 0.418. The summed E-state index contributed by atoms with van der Waals surface area (Å²) >= 11 is 9.20. The summed E-state index contributed by atoms with van der Waals surface area (Å²) in [4.78, 5) is 3.77. The van der Waals surface area contributed by atoms with Crippen LogP contribution >= 0.6 is 27.5 Å². The topological polar surface area (TPSA) is 34.2 Å². The van der Waals surface area contributed by atoms with Gasteiger partial charge in [0.05, 0.1) is 5.02 Å². The van der Waals surface area contributed by atoms with Crippen molar-refractivity contribution in [3.05, 3.63) is 45.4 Å². The predicted molar refractivity (Wildman–Crippen MR) is 77.5 cm³/mol. The summed E-state index contributed by atoms with van der Waals surface area (Å²) in [6.45, 7) is 2.23. The fraction of sp³-hybridized carbons (Fsp3) is 0.154. The number of aromatic nitrogens is 1. The summed E-state index contributed by atoms with van der Waals surface area (Å²) in [5.41, 5.74) is 0. The largest absolute Gasteiger partial charge is 0.435 e. The molecule has 0 spiro atoms. The summed E-state index contributed by atoms with van der Waals surface area (Å²) < 4.78 is 33.1. The highest BCUT2D eigenvalue weighted by Gasteiger charge is 2.15. The molecule has 2 aromatic rings. The van der Waals surface area contributed by atoms with Crippen LogP contribution in [0.1, 0.15) is 6.92 Å². The van der Waals surface area contributed by atoms with Gasteiger partial charge in [-0.15, -0.1) is 0 Å². The second-order valence-electron chi connectivity index (χ2n) is 3.81. The van der Waals surface area contributed by atoms with Crippen LogP contribution < -0.4 is 10.1 Å². The summed E-state index contributed by atoms with van der Waals surface area (Å²) in [7, 11) is 0. The number of ether oxygens (including phenoxy) is 1. The molecule has 0 aliphatic heterocycles. The Bertz CT molecular complexity index is 640. The van der Waals surface area contributed by atoms with Gasteiger partial charge in [0.15, 0.2) is 17.5 Å². The van der Waals surface area contributed by atoms with Crippen LogP contribution in [0.3, 0.4) is 0 Å². The molecule has 106 valence electrons. The summed E-state index contributed by atoms with van der Waals surface area (Å²) in [6.07, 6.45) is 0. The lowest BCUT2D eigenvalue weighted by Gasteiger charge is -2.10. The molecule has 0 saturated heterocycles. The Balaban J connectivity index is 2.37. The quantitative estimate of drug-likeness (QED) is 0.830. The minimum Gasteiger partial charge on any atom is -0.435 e. The van der Waals surface area contributed by atoms with Gasteiger partial charge in [-0.3, -0.25) is 0 Å². The average Bonchev–Trinajstić information content (AvgIpc) is 2.39. The first-order valence-corrected chi connectivity index (χ1v) is 6.91. The molecule has 0 fully saturated rings. The van der Waals surface area contributed by atoms with Gasteiger partial charge in [-0.1, -0.05) is 27.5 Å². The molecule has 0 amide bonds. The van der Waals surface area contributed by atoms with Gasteiger partial charge in [-0.05, 0) is 25.1 Å². The van der Waals surface area contributed by atoms with E-state index in [4.69, 9.17) is 16.3 Å². The van der Waals surface area contributed by atoms with Crippen LogP contribution in [0.2, 0.25) is 5.02 Å². The molecule has 20 heavy (non-hydrogen) atoms. The molecule has 0 bridgehead atoms. The molecule has 1 heterocycles. The molecule has 0 atom stereocenters. The zero-order valence-electron chi connectivity index (χ0n) is 10.4. The van der Waals surface area contributed by atoms with Gasteiger partial charge < -0.3 is 10.1 Å². The summed E-state index contributed by atoms with van der Waals surface area (Å²) in [5.74, 6) is -1.88. The number of hydrogen-bond donors (Lipinski definition) is 1. The van der Waals surface area contributed by atoms with E-state index >= 15 is 0 Å². The Labute approximate surface area is 128 Å². The van der Waals surface area contributed by atoms with E-state index in [1.165, 1.54) is 0 Å². The van der Waals surface area contributed by atoms with Crippen molar-refractivity contribution in [2.45, 2.75) is 6.92 Å². The smallest absolute Gasteiger partial charge is 0.258 e. The monoisotopic (exact) mass is 362 g/mol. The van der Waals surface area contributed by atoms with Crippen molar-refractivity contribution in [1.29, 1.82) is 0 Å². The maximum atomic E-state index is 13.7. The highest BCUT2D eigenvalue weighted by molar-refractivity contribution is 9.10. The maximum absolute atomic E-state index is 13.7. The predicted octanol–water partition coefficient (Wildman–Crippen LogP) is 5.00. The van der Waals surface area contributed by atoms with Crippen molar-refractivity contribution in [2.24, 2.45) is 0 Å². The first-order valence-electron chi connectivity index (χ1n) is 5.74. The molecule has 7 heteroatoms. The number of nitrogens with zero attached hydrogens (tertiary/aromatic N) is 1. The summed E-state index contributed by atoms with van der Waals surface area (Å²) in [5, 5.41) is 2.98. The van der Waals surface area contributed by atoms with Crippen LogP contribution in [0, 0.1) is 11.6 Å². The standard InChI is InChI=1S/C13H10BrClF2N2O/c1-2-18-12-9(16)6-10(17)13(19-12)20-11-5-7(14)3-4-8(11)15/h3-6H,2H2,1H3,(H,18,19). The van der Waals surface area contributed by atoms with E-state index < -0.39 is 11.6 Å². The number of rotatable bonds is 4. The molecule has 0 radical (unpaired) electrons. The van der Waals surface area contributed by atoms with Crippen LogP contribution in [-0.4, -0.2) is 11.5 Å². The third kappa shape index (κ3) is 3.37. The van der Waals surface area contributed by atoms with E-state index in [2.05, 4.69) is 26.2 Å². The number of benzene rings is 1. The molecule has 0 aliphatic rings. The highest BCUT2D eigenvalue weighted by Crippen LogP contribution is 2.33. The SMILES string of the molecule is CCNc1nc(Oc2cc(Br)ccc2Cl)c(F)cc1F. The minimum atomic E-state index is -0.903. The lowest BCUT2D eigenvalue weighted by Crippen LogP contribution is -2.04. The Morgan fingerprint density at radius 1 is 1.30 bits per heavy atom. The molecule has 0 unspecified atom stereocenters. The van der Waals surface area contributed by atoms with Crippen molar-refractivity contribution in [3.8, 4) is 11.6 Å². The van der Waals surface area contributed by atoms with Gasteiger partial charge >= 0.3 is 0 Å². The molecule has 3 nitrogen and oxygen atoms in total. The fourth-order valence-electron chi connectivity index (χ4n) is 1.47. The van der Waals surface area contributed by atoms with Crippen LogP contribution in [-0.2, 0) is 0 Å². The van der Waals surface area contributed by atoms with Gasteiger partial charge in [0, 0.05) is 17.1 Å². The Morgan fingerprint density at radius 3 is 2.75 bits per heavy atom. The second kappa shape index (κ2) is 6.37. The van der Waals surface area contributed by atoms with Crippen molar-refractivity contribution < 1.29 is 13.5 Å². The number of pyridine rings is 1. The van der Waals surface area contributed by atoms with Gasteiger partial charge in [-0.25, -0.2) is 8.78 Å². The third-order valence-electron chi connectivity index (χ3n) is 2.34. The molecule has 2 rings (SSSR count). The van der Waals surface area contributed by atoms with E-state index in [0.29, 0.717) is 22.1 Å². The first kappa shape index (κ1) is 15.0. The van der Waals surface area contributed by atoms with E-state index in [1.807, 2.05) is 0 Å². The van der Waals surface area contributed by atoms with Crippen LogP contribution in [0.15, 0.2) is 28.7 Å². The minimum absolute atomic E-state index is 0.0741. The lowest BCUT2D eigenvalue weighted by atomic mass is 10.3. The molecule has 1 aromatic heterocycles. The maximum Gasteiger partial charge on any atom is 0.258 e. The zero-order chi connectivity index (χ0) is 14.7. The molecule has 0 aliphatic carbocycles. The normalized spacial score (nSPS) is 10.4. The first-order chi connectivity index (χ1) is 9.51. The van der Waals surface area contributed by atoms with Crippen molar-refractivity contribution in [2.75, 3.05) is 11.9 Å². The Kier molecular flexibility index (Phi) is 4.77. The van der Waals surface area contributed by atoms with Crippen molar-refractivity contribution >= 4 is 33.3 Å². The number of hydrogen-bond acceptors (Lipinski definition) is 3. The van der Waals surface area contributed by atoms with Crippen molar-refractivity contribution in [1.82, 2.24) is 4.98 Å². The van der Waals surface area contributed by atoms with Crippen LogP contribution in [0.4, 0.5) is 14.6 Å². The number of anilines is 1. The molecular weight excluding hydrogens is 354 g/mol. The molecule has 0 saturated carbocycles. The van der Waals surface area contributed by atoms with Gasteiger partial charge in [-0.2, -0.15) is 4.98 Å². The van der Waals surface area contributed by atoms with Gasteiger partial charge in [0.25, 0.3) is 5.88 Å². The van der Waals surface area contributed by atoms with E-state index in [1.54, 1.807) is 25.1 Å². The van der Waals surface area contributed by atoms with Crippen LogP contribution in [0.25, 0.3) is 0 Å². The van der Waals surface area contributed by atoms with Gasteiger partial charge in [0.2, 0.25) is 0 Å². The number of halogens is 4. The van der Waals surface area contributed by atoms with E-state index in [9.17, 15) is 8.78 Å².